The molecule has 1 heterocycles. The van der Waals surface area contributed by atoms with Crippen molar-refractivity contribution >= 4 is 45.1 Å². The second-order valence-corrected chi connectivity index (χ2v) is 9.58. The first-order valence-electron chi connectivity index (χ1n) is 7.66. The Bertz CT molecular complexity index is 737. The minimum absolute atomic E-state index is 0.0887. The van der Waals surface area contributed by atoms with Crippen LogP contribution in [0.2, 0.25) is 0 Å². The molecule has 1 aliphatic heterocycles. The average Bonchev–Trinajstić information content (AvgIpc) is 2.55. The smallest absolute Gasteiger partial charge is 0.357 e. The van der Waals surface area contributed by atoms with Crippen LogP contribution in [0.15, 0.2) is 57.5 Å². The molecular formula is C17H18Br2NO3P. The van der Waals surface area contributed by atoms with Gasteiger partial charge in [0.05, 0.1) is 12.7 Å². The Morgan fingerprint density at radius 2 is 1.67 bits per heavy atom. The third kappa shape index (κ3) is 4.30. The van der Waals surface area contributed by atoms with Crippen LogP contribution in [0.25, 0.3) is 0 Å². The summed E-state index contributed by atoms with van der Waals surface area (Å²) in [5.41, 5.74) is 1.71. The van der Waals surface area contributed by atoms with Gasteiger partial charge in [0, 0.05) is 14.6 Å². The molecular weight excluding hydrogens is 457 g/mol. The quantitative estimate of drug-likeness (QED) is 0.525. The van der Waals surface area contributed by atoms with Gasteiger partial charge in [-0.2, -0.15) is 0 Å². The van der Waals surface area contributed by atoms with Gasteiger partial charge in [0.15, 0.2) is 5.78 Å². The highest BCUT2D eigenvalue weighted by Gasteiger charge is 2.41. The lowest BCUT2D eigenvalue weighted by Gasteiger charge is -2.34. The predicted octanol–water partition coefficient (Wildman–Crippen LogP) is 6.34. The standard InChI is InChI=1S/C17H18Br2NO3P/c1-12-10-11-22-24(21,23-12)17(13-2-4-14(18)5-3-13)20-16-8-6-15(19)7-9-16/h2-9,12,17,20H,10-11H2,1H3/t12-,17-,24-/m1/s1. The Morgan fingerprint density at radius 3 is 2.25 bits per heavy atom. The number of anilines is 1. The summed E-state index contributed by atoms with van der Waals surface area (Å²) < 4.78 is 26.7. The molecule has 3 rings (SSSR count). The third-order valence-corrected chi connectivity index (χ3v) is 7.09. The van der Waals surface area contributed by atoms with Crippen molar-refractivity contribution in [1.82, 2.24) is 0 Å². The summed E-state index contributed by atoms with van der Waals surface area (Å²) >= 11 is 6.85. The maximum Gasteiger partial charge on any atom is 0.357 e. The summed E-state index contributed by atoms with van der Waals surface area (Å²) in [6.45, 7) is 2.36. The number of halogens is 2. The second kappa shape index (κ2) is 7.71. The molecule has 2 aromatic rings. The van der Waals surface area contributed by atoms with E-state index < -0.39 is 13.4 Å². The molecule has 0 radical (unpaired) electrons. The molecule has 0 spiro atoms. The van der Waals surface area contributed by atoms with Gasteiger partial charge in [-0.25, -0.2) is 0 Å². The Balaban J connectivity index is 1.95. The van der Waals surface area contributed by atoms with Crippen molar-refractivity contribution in [2.24, 2.45) is 0 Å². The van der Waals surface area contributed by atoms with Crippen molar-refractivity contribution in [3.63, 3.8) is 0 Å². The molecule has 2 aromatic carbocycles. The second-order valence-electron chi connectivity index (χ2n) is 5.68. The summed E-state index contributed by atoms with van der Waals surface area (Å²) in [7, 11) is -3.33. The van der Waals surface area contributed by atoms with E-state index in [1.807, 2.05) is 55.5 Å². The minimum Gasteiger partial charge on any atom is -0.368 e. The van der Waals surface area contributed by atoms with Gasteiger partial charge in [-0.15, -0.1) is 0 Å². The van der Waals surface area contributed by atoms with Crippen LogP contribution in [-0.2, 0) is 13.6 Å². The lowest BCUT2D eigenvalue weighted by Crippen LogP contribution is -2.23. The maximum atomic E-state index is 13.4. The molecule has 7 heteroatoms. The molecule has 1 fully saturated rings. The van der Waals surface area contributed by atoms with Crippen LogP contribution in [0.4, 0.5) is 5.69 Å². The van der Waals surface area contributed by atoms with Crippen molar-refractivity contribution in [1.29, 1.82) is 0 Å². The summed E-state index contributed by atoms with van der Waals surface area (Å²) in [4.78, 5) is 0. The van der Waals surface area contributed by atoms with Crippen molar-refractivity contribution in [3.05, 3.63) is 63.0 Å². The lowest BCUT2D eigenvalue weighted by atomic mass is 10.2. The van der Waals surface area contributed by atoms with Crippen LogP contribution in [0.5, 0.6) is 0 Å². The van der Waals surface area contributed by atoms with Gasteiger partial charge in [-0.3, -0.25) is 4.57 Å². The Morgan fingerprint density at radius 1 is 1.08 bits per heavy atom. The van der Waals surface area contributed by atoms with Gasteiger partial charge in [0.2, 0.25) is 0 Å². The molecule has 0 amide bonds. The first kappa shape index (κ1) is 18.2. The highest BCUT2D eigenvalue weighted by atomic mass is 79.9. The van der Waals surface area contributed by atoms with E-state index in [9.17, 15) is 4.57 Å². The summed E-state index contributed by atoms with van der Waals surface area (Å²) in [6, 6.07) is 15.4. The largest absolute Gasteiger partial charge is 0.368 e. The van der Waals surface area contributed by atoms with Crippen molar-refractivity contribution in [2.75, 3.05) is 11.9 Å². The zero-order valence-electron chi connectivity index (χ0n) is 13.1. The van der Waals surface area contributed by atoms with E-state index in [2.05, 4.69) is 37.2 Å². The molecule has 3 atom stereocenters. The van der Waals surface area contributed by atoms with Crippen LogP contribution in [0.1, 0.15) is 24.7 Å². The average molecular weight is 475 g/mol. The number of hydrogen-bond donors (Lipinski definition) is 1. The lowest BCUT2D eigenvalue weighted by molar-refractivity contribution is 0.0887. The first-order chi connectivity index (χ1) is 11.5. The molecule has 128 valence electrons. The monoisotopic (exact) mass is 473 g/mol. The summed E-state index contributed by atoms with van der Waals surface area (Å²) in [5, 5.41) is 3.32. The SMILES string of the molecule is C[C@@H]1CCO[P@](=O)([C@@H](Nc2ccc(Br)cc2)c2ccc(Br)cc2)O1. The third-order valence-electron chi connectivity index (χ3n) is 3.77. The van der Waals surface area contributed by atoms with Gasteiger partial charge in [0.25, 0.3) is 0 Å². The molecule has 1 saturated heterocycles. The van der Waals surface area contributed by atoms with E-state index in [4.69, 9.17) is 9.05 Å². The highest BCUT2D eigenvalue weighted by Crippen LogP contribution is 2.63. The van der Waals surface area contributed by atoms with Crippen LogP contribution >= 0.6 is 39.5 Å². The molecule has 1 aliphatic rings. The zero-order chi connectivity index (χ0) is 17.2. The van der Waals surface area contributed by atoms with E-state index in [-0.39, 0.29) is 6.10 Å². The number of benzene rings is 2. The van der Waals surface area contributed by atoms with E-state index in [1.165, 1.54) is 0 Å². The zero-order valence-corrected chi connectivity index (χ0v) is 17.2. The number of hydrogen-bond acceptors (Lipinski definition) is 4. The Kier molecular flexibility index (Phi) is 5.83. The summed E-state index contributed by atoms with van der Waals surface area (Å²) in [6.07, 6.45) is 0.657. The first-order valence-corrected chi connectivity index (χ1v) is 10.9. The molecule has 24 heavy (non-hydrogen) atoms. The van der Waals surface area contributed by atoms with Crippen molar-refractivity contribution in [2.45, 2.75) is 25.2 Å². The van der Waals surface area contributed by atoms with E-state index in [0.717, 1.165) is 26.6 Å². The van der Waals surface area contributed by atoms with Crippen LogP contribution in [0, 0.1) is 0 Å². The van der Waals surface area contributed by atoms with Gasteiger partial charge < -0.3 is 14.4 Å². The molecule has 0 aromatic heterocycles. The molecule has 4 nitrogen and oxygen atoms in total. The predicted molar refractivity (Wildman–Crippen MR) is 103 cm³/mol. The topological polar surface area (TPSA) is 47.6 Å². The molecule has 0 aliphatic carbocycles. The molecule has 1 N–H and O–H groups in total. The number of rotatable bonds is 4. The fourth-order valence-electron chi connectivity index (χ4n) is 2.51. The van der Waals surface area contributed by atoms with Crippen molar-refractivity contribution < 1.29 is 13.6 Å². The highest BCUT2D eigenvalue weighted by molar-refractivity contribution is 9.10. The van der Waals surface area contributed by atoms with Crippen LogP contribution in [0.3, 0.4) is 0 Å². The summed E-state index contributed by atoms with van der Waals surface area (Å²) in [5.74, 6) is -0.561. The van der Waals surface area contributed by atoms with E-state index in [0.29, 0.717) is 6.61 Å². The number of nitrogens with one attached hydrogen (secondary N) is 1. The fourth-order valence-corrected chi connectivity index (χ4v) is 5.18. The van der Waals surface area contributed by atoms with Gasteiger partial charge in [-0.05, 0) is 55.3 Å². The molecule has 0 unspecified atom stereocenters. The van der Waals surface area contributed by atoms with Crippen molar-refractivity contribution in [3.8, 4) is 0 Å². The van der Waals surface area contributed by atoms with Crippen LogP contribution < -0.4 is 5.32 Å². The Hall–Kier alpha value is -0.650. The van der Waals surface area contributed by atoms with Crippen LogP contribution in [-0.4, -0.2) is 12.7 Å². The molecule has 0 bridgehead atoms. The molecule has 0 saturated carbocycles. The Labute approximate surface area is 158 Å². The van der Waals surface area contributed by atoms with Gasteiger partial charge in [0.1, 0.15) is 0 Å². The van der Waals surface area contributed by atoms with E-state index in [1.54, 1.807) is 0 Å². The van der Waals surface area contributed by atoms with Gasteiger partial charge >= 0.3 is 7.60 Å². The van der Waals surface area contributed by atoms with Gasteiger partial charge in [-0.1, -0.05) is 44.0 Å². The van der Waals surface area contributed by atoms with E-state index >= 15 is 0 Å². The fraction of sp³-hybridized carbons (Fsp3) is 0.294. The minimum atomic E-state index is -3.33. The normalized spacial score (nSPS) is 25.2. The maximum absolute atomic E-state index is 13.4.